The number of thiazole rings is 1. The fourth-order valence-corrected chi connectivity index (χ4v) is 3.34. The summed E-state index contributed by atoms with van der Waals surface area (Å²) in [5, 5.41) is 7.83. The van der Waals surface area contributed by atoms with Crippen LogP contribution >= 0.6 is 11.3 Å². The lowest BCUT2D eigenvalue weighted by molar-refractivity contribution is 0.665. The molecule has 4 nitrogen and oxygen atoms in total. The fourth-order valence-electron chi connectivity index (χ4n) is 2.47. The second-order valence-corrected chi connectivity index (χ2v) is 6.75. The number of aliphatic imine (C=N–C) groups is 1. The van der Waals surface area contributed by atoms with Crippen LogP contribution < -0.4 is 10.6 Å². The van der Waals surface area contributed by atoms with Gasteiger partial charge in [0.25, 0.3) is 0 Å². The van der Waals surface area contributed by atoms with Gasteiger partial charge >= 0.3 is 0 Å². The molecule has 0 spiro atoms. The van der Waals surface area contributed by atoms with E-state index in [9.17, 15) is 0 Å². The molecule has 116 valence electrons. The van der Waals surface area contributed by atoms with E-state index in [1.807, 2.05) is 7.05 Å². The third-order valence-electron chi connectivity index (χ3n) is 3.83. The van der Waals surface area contributed by atoms with Gasteiger partial charge in [0, 0.05) is 18.5 Å². The Labute approximate surface area is 131 Å². The van der Waals surface area contributed by atoms with Crippen LogP contribution in [0.2, 0.25) is 0 Å². The van der Waals surface area contributed by atoms with Crippen molar-refractivity contribution in [3.05, 3.63) is 27.2 Å². The zero-order valence-electron chi connectivity index (χ0n) is 13.3. The van der Waals surface area contributed by atoms with Crippen molar-refractivity contribution in [3.8, 4) is 0 Å². The highest BCUT2D eigenvalue weighted by molar-refractivity contribution is 7.11. The molecular formula is C16H26N4S. The van der Waals surface area contributed by atoms with Gasteiger partial charge < -0.3 is 10.6 Å². The van der Waals surface area contributed by atoms with Crippen LogP contribution in [0.15, 0.2) is 16.6 Å². The molecule has 2 N–H and O–H groups in total. The molecule has 5 heteroatoms. The van der Waals surface area contributed by atoms with Crippen molar-refractivity contribution in [1.29, 1.82) is 0 Å². The average Bonchev–Trinajstić information content (AvgIpc) is 2.82. The van der Waals surface area contributed by atoms with E-state index < -0.39 is 0 Å². The summed E-state index contributed by atoms with van der Waals surface area (Å²) < 4.78 is 0. The van der Waals surface area contributed by atoms with Gasteiger partial charge in [0.1, 0.15) is 5.01 Å². The van der Waals surface area contributed by atoms with Crippen LogP contribution in [-0.4, -0.2) is 24.5 Å². The molecular weight excluding hydrogens is 280 g/mol. The summed E-state index contributed by atoms with van der Waals surface area (Å²) in [7, 11) is 1.81. The molecule has 1 aliphatic rings. The van der Waals surface area contributed by atoms with Gasteiger partial charge in [-0.25, -0.2) is 4.98 Å². The Bertz CT molecular complexity index is 497. The van der Waals surface area contributed by atoms with E-state index >= 15 is 0 Å². The first-order valence-corrected chi connectivity index (χ1v) is 8.56. The van der Waals surface area contributed by atoms with E-state index in [2.05, 4.69) is 40.5 Å². The van der Waals surface area contributed by atoms with Crippen LogP contribution in [0.4, 0.5) is 0 Å². The predicted octanol–water partition coefficient (Wildman–Crippen LogP) is 3.32. The molecule has 0 saturated carbocycles. The van der Waals surface area contributed by atoms with E-state index in [1.54, 1.807) is 16.9 Å². The van der Waals surface area contributed by atoms with E-state index in [4.69, 9.17) is 0 Å². The van der Waals surface area contributed by atoms with Crippen LogP contribution in [0, 0.1) is 13.8 Å². The lowest BCUT2D eigenvalue weighted by atomic mass is 9.97. The number of aryl methyl sites for hydroxylation is 2. The van der Waals surface area contributed by atoms with Crippen molar-refractivity contribution in [2.24, 2.45) is 4.99 Å². The summed E-state index contributed by atoms with van der Waals surface area (Å²) in [6, 6.07) is 0. The van der Waals surface area contributed by atoms with Gasteiger partial charge in [0.2, 0.25) is 0 Å². The van der Waals surface area contributed by atoms with Crippen LogP contribution in [0.1, 0.15) is 47.7 Å². The molecule has 1 aromatic rings. The summed E-state index contributed by atoms with van der Waals surface area (Å²) in [6.07, 6.45) is 8.75. The summed E-state index contributed by atoms with van der Waals surface area (Å²) in [4.78, 5) is 10.1. The number of hydrogen-bond acceptors (Lipinski definition) is 3. The van der Waals surface area contributed by atoms with Crippen molar-refractivity contribution in [3.63, 3.8) is 0 Å². The number of allylic oxidation sites excluding steroid dienone is 1. The Morgan fingerprint density at radius 2 is 2.19 bits per heavy atom. The fraction of sp³-hybridized carbons (Fsp3) is 0.625. The van der Waals surface area contributed by atoms with E-state index in [-0.39, 0.29) is 0 Å². The molecule has 0 atom stereocenters. The lowest BCUT2D eigenvalue weighted by Crippen LogP contribution is -2.37. The van der Waals surface area contributed by atoms with Gasteiger partial charge in [-0.05, 0) is 46.0 Å². The Morgan fingerprint density at radius 3 is 2.81 bits per heavy atom. The summed E-state index contributed by atoms with van der Waals surface area (Å²) >= 11 is 1.75. The Kier molecular flexibility index (Phi) is 6.23. The molecule has 0 amide bonds. The molecule has 0 aromatic carbocycles. The quantitative estimate of drug-likeness (QED) is 0.498. The van der Waals surface area contributed by atoms with Gasteiger partial charge in [-0.2, -0.15) is 0 Å². The minimum atomic E-state index is 0.738. The number of nitrogens with zero attached hydrogens (tertiary/aromatic N) is 2. The smallest absolute Gasteiger partial charge is 0.191 e. The third kappa shape index (κ3) is 5.16. The van der Waals surface area contributed by atoms with Gasteiger partial charge in [0.15, 0.2) is 5.96 Å². The highest BCUT2D eigenvalue weighted by atomic mass is 32.1. The second kappa shape index (κ2) is 8.17. The summed E-state index contributed by atoms with van der Waals surface area (Å²) in [5.74, 6) is 0.858. The first-order valence-electron chi connectivity index (χ1n) is 7.74. The van der Waals surface area contributed by atoms with Crippen LogP contribution in [0.5, 0.6) is 0 Å². The Balaban J connectivity index is 1.72. The number of hydrogen-bond donors (Lipinski definition) is 2. The average molecular weight is 306 g/mol. The van der Waals surface area contributed by atoms with Crippen molar-refractivity contribution < 1.29 is 0 Å². The van der Waals surface area contributed by atoms with E-state index in [0.29, 0.717) is 0 Å². The van der Waals surface area contributed by atoms with Gasteiger partial charge in [-0.1, -0.05) is 11.6 Å². The minimum absolute atomic E-state index is 0.738. The first kappa shape index (κ1) is 16.0. The Hall–Kier alpha value is -1.36. The maximum absolute atomic E-state index is 4.53. The van der Waals surface area contributed by atoms with E-state index in [0.717, 1.165) is 36.2 Å². The lowest BCUT2D eigenvalue weighted by Gasteiger charge is -2.14. The van der Waals surface area contributed by atoms with Crippen molar-refractivity contribution in [2.75, 3.05) is 13.6 Å². The zero-order chi connectivity index (χ0) is 15.1. The molecule has 1 aliphatic carbocycles. The van der Waals surface area contributed by atoms with Gasteiger partial charge in [-0.15, -0.1) is 11.3 Å². The zero-order valence-corrected chi connectivity index (χ0v) is 14.1. The third-order valence-corrected chi connectivity index (χ3v) is 4.90. The molecule has 1 heterocycles. The largest absolute Gasteiger partial charge is 0.356 e. The van der Waals surface area contributed by atoms with Gasteiger partial charge in [0.05, 0.1) is 12.2 Å². The summed E-state index contributed by atoms with van der Waals surface area (Å²) in [6.45, 7) is 5.85. The van der Waals surface area contributed by atoms with Crippen LogP contribution in [0.25, 0.3) is 0 Å². The number of nitrogens with one attached hydrogen (secondary N) is 2. The molecule has 0 aliphatic heterocycles. The minimum Gasteiger partial charge on any atom is -0.356 e. The molecule has 0 fully saturated rings. The van der Waals surface area contributed by atoms with Gasteiger partial charge in [-0.3, -0.25) is 4.99 Å². The van der Waals surface area contributed by atoms with Crippen LogP contribution in [-0.2, 0) is 6.54 Å². The number of aromatic nitrogens is 1. The first-order chi connectivity index (χ1) is 10.2. The maximum Gasteiger partial charge on any atom is 0.191 e. The summed E-state index contributed by atoms with van der Waals surface area (Å²) in [5.41, 5.74) is 2.72. The number of guanidine groups is 1. The molecule has 1 aromatic heterocycles. The van der Waals surface area contributed by atoms with Crippen molar-refractivity contribution >= 4 is 17.3 Å². The normalized spacial score (nSPS) is 15.8. The molecule has 0 saturated heterocycles. The molecule has 21 heavy (non-hydrogen) atoms. The maximum atomic E-state index is 4.53. The topological polar surface area (TPSA) is 49.3 Å². The highest BCUT2D eigenvalue weighted by Gasteiger charge is 2.06. The van der Waals surface area contributed by atoms with Crippen LogP contribution in [0.3, 0.4) is 0 Å². The molecule has 0 radical (unpaired) electrons. The molecule has 2 rings (SSSR count). The SMILES string of the molecule is CN=C(NCCC1=CCCCC1)NCc1nc(C)c(C)s1. The highest BCUT2D eigenvalue weighted by Crippen LogP contribution is 2.19. The van der Waals surface area contributed by atoms with Crippen molar-refractivity contribution in [1.82, 2.24) is 15.6 Å². The molecule has 0 unspecified atom stereocenters. The van der Waals surface area contributed by atoms with E-state index in [1.165, 1.54) is 30.6 Å². The number of rotatable bonds is 5. The van der Waals surface area contributed by atoms with Crippen molar-refractivity contribution in [2.45, 2.75) is 52.5 Å². The monoisotopic (exact) mass is 306 g/mol. The molecule has 0 bridgehead atoms. The predicted molar refractivity (Wildman–Crippen MR) is 91.0 cm³/mol. The second-order valence-electron chi connectivity index (χ2n) is 5.46. The Morgan fingerprint density at radius 1 is 1.33 bits per heavy atom. The standard InChI is InChI=1S/C16H26N4S/c1-12-13(2)21-15(20-12)11-19-16(17-3)18-10-9-14-7-5-4-6-8-14/h7H,4-6,8-11H2,1-3H3,(H2,17,18,19).